The van der Waals surface area contributed by atoms with Gasteiger partial charge in [-0.05, 0) is 11.1 Å². The Hall–Kier alpha value is -1.30. The van der Waals surface area contributed by atoms with Crippen molar-refractivity contribution >= 4 is 0 Å². The summed E-state index contributed by atoms with van der Waals surface area (Å²) in [4.78, 5) is 0. The molecule has 0 atom stereocenters. The first-order chi connectivity index (χ1) is 5.79. The van der Waals surface area contributed by atoms with Gasteiger partial charge < -0.3 is 0 Å². The molecule has 0 N–H and O–H groups in total. The first-order valence-corrected chi connectivity index (χ1v) is 3.24. The molecule has 0 unspecified atom stereocenters. The first-order valence-electron chi connectivity index (χ1n) is 4.24. The Kier molecular flexibility index (Phi) is 0.808. The molecule has 0 nitrogen and oxygen atoms in total. The Labute approximate surface area is 63.3 Å². The van der Waals surface area contributed by atoms with Gasteiger partial charge in [0.25, 0.3) is 0 Å². The van der Waals surface area contributed by atoms with Crippen molar-refractivity contribution in [2.45, 2.75) is 0 Å². The molecule has 0 amide bonds. The maximum atomic E-state index is 7.55. The molecular weight excluding hydrogens is 120 g/mol. The molecule has 48 valence electrons. The summed E-state index contributed by atoms with van der Waals surface area (Å²) in [5.41, 5.74) is 1.70. The van der Waals surface area contributed by atoms with Crippen LogP contribution in [0.2, 0.25) is 0 Å². The largest absolute Gasteiger partial charge is 0.0629 e. The molecule has 0 aromatic heterocycles. The van der Waals surface area contributed by atoms with Gasteiger partial charge in [-0.15, -0.1) is 0 Å². The molecule has 0 radical (unpaired) electrons. The van der Waals surface area contributed by atoms with E-state index < -0.39 is 0 Å². The predicted molar refractivity (Wildman–Crippen MR) is 43.1 cm³/mol. The maximum absolute atomic E-state index is 7.55. The number of hydrogen-bond donors (Lipinski definition) is 0. The zero-order valence-corrected chi connectivity index (χ0v) is 5.46. The summed E-state index contributed by atoms with van der Waals surface area (Å²) >= 11 is 0. The highest BCUT2D eigenvalue weighted by Gasteiger charge is 1.94. The summed E-state index contributed by atoms with van der Waals surface area (Å²) in [6.07, 6.45) is 0. The molecule has 2 aliphatic rings. The van der Waals surface area contributed by atoms with Gasteiger partial charge in [0.1, 0.15) is 0 Å². The zero-order chi connectivity index (χ0) is 8.55. The van der Waals surface area contributed by atoms with Gasteiger partial charge in [-0.3, -0.25) is 0 Å². The van der Waals surface area contributed by atoms with Gasteiger partial charge in [-0.1, -0.05) is 48.5 Å². The minimum atomic E-state index is 0.436. The normalized spacial score (nSPS) is 12.8. The third-order valence-corrected chi connectivity index (χ3v) is 1.49. The van der Waals surface area contributed by atoms with Crippen LogP contribution in [-0.2, 0) is 0 Å². The maximum Gasteiger partial charge on any atom is 0.0629 e. The lowest BCUT2D eigenvalue weighted by Crippen LogP contribution is -1.59. The fourth-order valence-corrected chi connectivity index (χ4v) is 0.991. The third-order valence-electron chi connectivity index (χ3n) is 1.49. The van der Waals surface area contributed by atoms with E-state index in [4.69, 9.17) is 2.74 Å². The SMILES string of the molecule is [2H]c1cc([2H])c2cccccc1-2. The lowest BCUT2D eigenvalue weighted by atomic mass is 10.2. The number of hydrogen-bond acceptors (Lipinski definition) is 0. The second-order valence-corrected chi connectivity index (χ2v) is 2.17. The second kappa shape index (κ2) is 2.14. The average Bonchev–Trinajstić information content (AvgIpc) is 2.29. The first kappa shape index (κ1) is 3.77. The van der Waals surface area contributed by atoms with Crippen molar-refractivity contribution in [3.05, 3.63) is 48.5 Å². The van der Waals surface area contributed by atoms with Gasteiger partial charge in [-0.2, -0.15) is 0 Å². The lowest BCUT2D eigenvalue weighted by Gasteiger charge is -1.85. The van der Waals surface area contributed by atoms with Gasteiger partial charge in [-0.25, -0.2) is 0 Å². The molecule has 10 heavy (non-hydrogen) atoms. The number of rotatable bonds is 0. The van der Waals surface area contributed by atoms with Crippen LogP contribution in [0.3, 0.4) is 0 Å². The highest BCUT2D eigenvalue weighted by molar-refractivity contribution is 5.65. The van der Waals surface area contributed by atoms with Crippen LogP contribution in [0.1, 0.15) is 2.74 Å². The Morgan fingerprint density at radius 1 is 0.800 bits per heavy atom. The summed E-state index contributed by atoms with van der Waals surface area (Å²) in [5, 5.41) is 0. The Morgan fingerprint density at radius 3 is 2.00 bits per heavy atom. The van der Waals surface area contributed by atoms with E-state index >= 15 is 0 Å². The smallest absolute Gasteiger partial charge is 0.0622 e. The van der Waals surface area contributed by atoms with E-state index in [0.29, 0.717) is 12.1 Å². The Balaban J connectivity index is 2.79. The van der Waals surface area contributed by atoms with Gasteiger partial charge in [0.05, 0.1) is 2.74 Å². The highest BCUT2D eigenvalue weighted by Crippen LogP contribution is 2.19. The van der Waals surface area contributed by atoms with Crippen molar-refractivity contribution in [3.8, 4) is 11.1 Å². The second-order valence-electron chi connectivity index (χ2n) is 2.17. The van der Waals surface area contributed by atoms with Gasteiger partial charge in [0.15, 0.2) is 0 Å². The van der Waals surface area contributed by atoms with Crippen LogP contribution in [0, 0.1) is 0 Å². The van der Waals surface area contributed by atoms with E-state index in [1.807, 2.05) is 30.3 Å². The van der Waals surface area contributed by atoms with E-state index in [-0.39, 0.29) is 0 Å². The fourth-order valence-electron chi connectivity index (χ4n) is 0.991. The monoisotopic (exact) mass is 130 g/mol. The van der Waals surface area contributed by atoms with Crippen LogP contribution in [0.15, 0.2) is 48.5 Å². The Morgan fingerprint density at radius 2 is 1.40 bits per heavy atom. The molecule has 2 aliphatic carbocycles. The average molecular weight is 130 g/mol. The molecule has 0 bridgehead atoms. The van der Waals surface area contributed by atoms with Crippen LogP contribution in [-0.4, -0.2) is 0 Å². The quantitative estimate of drug-likeness (QED) is 0.514. The van der Waals surface area contributed by atoms with Crippen molar-refractivity contribution in [3.63, 3.8) is 0 Å². The van der Waals surface area contributed by atoms with Crippen molar-refractivity contribution in [1.29, 1.82) is 0 Å². The standard InChI is InChI=1S/C10H8/c1-2-5-9-7-4-8-10(9)6-3-1/h1-8H/i7D,8D. The van der Waals surface area contributed by atoms with Gasteiger partial charge in [0, 0.05) is 0 Å². The summed E-state index contributed by atoms with van der Waals surface area (Å²) in [6, 6.07) is 11.9. The molecule has 0 heterocycles. The molecule has 2 rings (SSSR count). The summed E-state index contributed by atoms with van der Waals surface area (Å²) in [6.45, 7) is 0. The van der Waals surface area contributed by atoms with Gasteiger partial charge >= 0.3 is 0 Å². The molecule has 0 saturated carbocycles. The van der Waals surface area contributed by atoms with E-state index in [2.05, 4.69) is 0 Å². The molecular formula is C10H8. The Bertz CT molecular complexity index is 348. The van der Waals surface area contributed by atoms with Crippen molar-refractivity contribution in [1.82, 2.24) is 0 Å². The molecule has 0 spiro atoms. The molecule has 0 aliphatic heterocycles. The van der Waals surface area contributed by atoms with Crippen LogP contribution in [0.4, 0.5) is 0 Å². The molecule has 0 aromatic carbocycles. The van der Waals surface area contributed by atoms with E-state index in [1.54, 1.807) is 6.07 Å². The topological polar surface area (TPSA) is 0 Å². The number of fused-ring (bicyclic) bond motifs is 1. The highest BCUT2D eigenvalue weighted by atomic mass is 14.0. The summed E-state index contributed by atoms with van der Waals surface area (Å²) in [7, 11) is 0. The lowest BCUT2D eigenvalue weighted by molar-refractivity contribution is 1.84. The van der Waals surface area contributed by atoms with E-state index in [9.17, 15) is 0 Å². The van der Waals surface area contributed by atoms with Crippen LogP contribution in [0.25, 0.3) is 11.1 Å². The molecule has 0 heteroatoms. The van der Waals surface area contributed by atoms with Crippen LogP contribution in [0.5, 0.6) is 0 Å². The minimum absolute atomic E-state index is 0.436. The summed E-state index contributed by atoms with van der Waals surface area (Å²) < 4.78 is 15.1. The van der Waals surface area contributed by atoms with Crippen molar-refractivity contribution in [2.24, 2.45) is 0 Å². The minimum Gasteiger partial charge on any atom is -0.0622 e. The zero-order valence-electron chi connectivity index (χ0n) is 7.46. The van der Waals surface area contributed by atoms with Crippen molar-refractivity contribution in [2.75, 3.05) is 0 Å². The van der Waals surface area contributed by atoms with Gasteiger partial charge in [0.2, 0.25) is 0 Å². The third kappa shape index (κ3) is 0.781. The predicted octanol–water partition coefficient (Wildman–Crippen LogP) is 2.79. The van der Waals surface area contributed by atoms with Crippen LogP contribution < -0.4 is 0 Å². The fraction of sp³-hybridized carbons (Fsp3) is 0. The van der Waals surface area contributed by atoms with E-state index in [1.165, 1.54) is 0 Å². The van der Waals surface area contributed by atoms with Crippen LogP contribution >= 0.6 is 0 Å². The van der Waals surface area contributed by atoms with Crippen molar-refractivity contribution < 1.29 is 2.74 Å². The molecule has 0 fully saturated rings. The van der Waals surface area contributed by atoms with E-state index in [0.717, 1.165) is 11.1 Å². The molecule has 0 aromatic rings. The molecule has 0 saturated heterocycles. The summed E-state index contributed by atoms with van der Waals surface area (Å²) in [5.74, 6) is 0.